The molecule has 0 aromatic carbocycles. The molecule has 0 saturated carbocycles. The van der Waals surface area contributed by atoms with Crippen molar-refractivity contribution in [2.75, 3.05) is 17.2 Å². The fourth-order valence-electron chi connectivity index (χ4n) is 1.57. The first-order valence-electron chi connectivity index (χ1n) is 6.36. The fraction of sp³-hybridized carbons (Fsp3) is 0.462. The molecule has 0 spiro atoms. The third kappa shape index (κ3) is 6.52. The van der Waals surface area contributed by atoms with Crippen LogP contribution < -0.4 is 16.4 Å². The Morgan fingerprint density at radius 3 is 2.47 bits per heavy atom. The molecule has 1 aromatic rings. The van der Waals surface area contributed by atoms with Gasteiger partial charge in [-0.3, -0.25) is 9.59 Å². The number of nitrogens with two attached hydrogens (primary N) is 1. The minimum atomic E-state index is -0.197. The van der Waals surface area contributed by atoms with Gasteiger partial charge in [-0.05, 0) is 31.5 Å². The predicted molar refractivity (Wildman–Crippen MR) is 74.7 cm³/mol. The highest BCUT2D eigenvalue weighted by molar-refractivity contribution is 5.91. The Morgan fingerprint density at radius 1 is 1.16 bits per heavy atom. The van der Waals surface area contributed by atoms with Gasteiger partial charge in [-0.15, -0.1) is 0 Å². The molecule has 19 heavy (non-hydrogen) atoms. The Labute approximate surface area is 112 Å². The second-order valence-electron chi connectivity index (χ2n) is 4.24. The molecule has 0 fully saturated rings. The largest absolute Gasteiger partial charge is 0.330 e. The first-order valence-corrected chi connectivity index (χ1v) is 6.36. The Hall–Kier alpha value is -1.95. The van der Waals surface area contributed by atoms with Crippen LogP contribution in [0.25, 0.3) is 0 Å². The van der Waals surface area contributed by atoms with Crippen molar-refractivity contribution < 1.29 is 9.59 Å². The molecule has 4 N–H and O–H groups in total. The first kappa shape index (κ1) is 15.1. The summed E-state index contributed by atoms with van der Waals surface area (Å²) in [5.74, 6) is 0.589. The number of anilines is 2. The number of amides is 2. The number of rotatable bonds is 7. The number of aromatic nitrogens is 1. The Balaban J connectivity index is 2.43. The van der Waals surface area contributed by atoms with Crippen molar-refractivity contribution in [3.05, 3.63) is 18.2 Å². The lowest BCUT2D eigenvalue weighted by atomic mass is 10.2. The molecule has 1 heterocycles. The second kappa shape index (κ2) is 8.20. The molecular weight excluding hydrogens is 244 g/mol. The topological polar surface area (TPSA) is 97.1 Å². The highest BCUT2D eigenvalue weighted by Gasteiger charge is 2.04. The Morgan fingerprint density at radius 2 is 1.84 bits per heavy atom. The van der Waals surface area contributed by atoms with Gasteiger partial charge in [0.25, 0.3) is 0 Å². The molecule has 1 aromatic heterocycles. The van der Waals surface area contributed by atoms with Crippen LogP contribution >= 0.6 is 0 Å². The van der Waals surface area contributed by atoms with Gasteiger partial charge in [0.15, 0.2) is 0 Å². The van der Waals surface area contributed by atoms with Crippen LogP contribution in [0.2, 0.25) is 0 Å². The van der Waals surface area contributed by atoms with Crippen molar-refractivity contribution >= 4 is 23.5 Å². The average Bonchev–Trinajstić information content (AvgIpc) is 2.34. The van der Waals surface area contributed by atoms with Gasteiger partial charge in [0.1, 0.15) is 11.6 Å². The smallest absolute Gasteiger partial charge is 0.225 e. The average molecular weight is 264 g/mol. The molecule has 0 aliphatic heterocycles. The van der Waals surface area contributed by atoms with Crippen LogP contribution in [0.3, 0.4) is 0 Å². The van der Waals surface area contributed by atoms with Crippen molar-refractivity contribution in [3.8, 4) is 0 Å². The summed E-state index contributed by atoms with van der Waals surface area (Å²) in [7, 11) is 0. The van der Waals surface area contributed by atoms with E-state index in [2.05, 4.69) is 15.6 Å². The quantitative estimate of drug-likeness (QED) is 0.650. The number of carbonyl (C=O) groups is 2. The number of hydrogen-bond donors (Lipinski definition) is 3. The van der Waals surface area contributed by atoms with Gasteiger partial charge in [0.05, 0.1) is 0 Å². The standard InChI is InChI=1S/C13H20N4O2/c1-10(18)15-11-6-5-7-12(16-11)17-13(19)8-3-2-4-9-14/h5-7H,2-4,8-9,14H2,1H3,(H2,15,16,17,18,19). The van der Waals surface area contributed by atoms with Gasteiger partial charge in [-0.2, -0.15) is 0 Å². The zero-order valence-corrected chi connectivity index (χ0v) is 11.1. The molecule has 0 atom stereocenters. The molecule has 2 amide bonds. The molecule has 0 radical (unpaired) electrons. The number of carbonyl (C=O) groups excluding carboxylic acids is 2. The molecule has 104 valence electrons. The lowest BCUT2D eigenvalue weighted by Crippen LogP contribution is -2.14. The van der Waals surface area contributed by atoms with Crippen LogP contribution in [0.1, 0.15) is 32.6 Å². The summed E-state index contributed by atoms with van der Waals surface area (Å²) in [4.78, 5) is 26.7. The molecule has 0 saturated heterocycles. The number of nitrogens with one attached hydrogen (secondary N) is 2. The minimum Gasteiger partial charge on any atom is -0.330 e. The summed E-state index contributed by atoms with van der Waals surface area (Å²) in [5.41, 5.74) is 5.38. The Kier molecular flexibility index (Phi) is 6.52. The number of hydrogen-bond acceptors (Lipinski definition) is 4. The van der Waals surface area contributed by atoms with Gasteiger partial charge in [0, 0.05) is 13.3 Å². The van der Waals surface area contributed by atoms with Crippen molar-refractivity contribution in [1.82, 2.24) is 4.98 Å². The van der Waals surface area contributed by atoms with Crippen LogP contribution in [0.5, 0.6) is 0 Å². The van der Waals surface area contributed by atoms with Crippen LogP contribution in [-0.4, -0.2) is 23.3 Å². The fourth-order valence-corrected chi connectivity index (χ4v) is 1.57. The predicted octanol–water partition coefficient (Wildman–Crippen LogP) is 1.50. The molecule has 1 rings (SSSR count). The summed E-state index contributed by atoms with van der Waals surface area (Å²) >= 11 is 0. The third-order valence-electron chi connectivity index (χ3n) is 2.43. The SMILES string of the molecule is CC(=O)Nc1cccc(NC(=O)CCCCCN)n1. The summed E-state index contributed by atoms with van der Waals surface area (Å²) < 4.78 is 0. The van der Waals surface area contributed by atoms with Crippen molar-refractivity contribution in [2.24, 2.45) is 5.73 Å². The molecule has 0 bridgehead atoms. The van der Waals surface area contributed by atoms with E-state index in [-0.39, 0.29) is 11.8 Å². The van der Waals surface area contributed by atoms with E-state index in [1.807, 2.05) is 0 Å². The van der Waals surface area contributed by atoms with Gasteiger partial charge in [-0.25, -0.2) is 4.98 Å². The van der Waals surface area contributed by atoms with E-state index in [9.17, 15) is 9.59 Å². The summed E-state index contributed by atoms with van der Waals surface area (Å²) in [6, 6.07) is 5.07. The number of pyridine rings is 1. The van der Waals surface area contributed by atoms with E-state index >= 15 is 0 Å². The van der Waals surface area contributed by atoms with Gasteiger partial charge >= 0.3 is 0 Å². The van der Waals surface area contributed by atoms with Crippen molar-refractivity contribution in [1.29, 1.82) is 0 Å². The monoisotopic (exact) mass is 264 g/mol. The molecule has 6 nitrogen and oxygen atoms in total. The van der Waals surface area contributed by atoms with Gasteiger partial charge < -0.3 is 16.4 Å². The van der Waals surface area contributed by atoms with Crippen LogP contribution in [0, 0.1) is 0 Å². The van der Waals surface area contributed by atoms with E-state index in [0.717, 1.165) is 19.3 Å². The van der Waals surface area contributed by atoms with E-state index in [0.29, 0.717) is 24.6 Å². The van der Waals surface area contributed by atoms with Gasteiger partial charge in [-0.1, -0.05) is 12.5 Å². The maximum Gasteiger partial charge on any atom is 0.225 e. The molecule has 0 aliphatic rings. The van der Waals surface area contributed by atoms with E-state index < -0.39 is 0 Å². The van der Waals surface area contributed by atoms with Gasteiger partial charge in [0.2, 0.25) is 11.8 Å². The highest BCUT2D eigenvalue weighted by atomic mass is 16.2. The zero-order valence-electron chi connectivity index (χ0n) is 11.1. The second-order valence-corrected chi connectivity index (χ2v) is 4.24. The summed E-state index contributed by atoms with van der Waals surface area (Å²) in [5, 5.41) is 5.26. The normalized spacial score (nSPS) is 10.0. The maximum atomic E-state index is 11.6. The Bertz CT molecular complexity index is 434. The first-order chi connectivity index (χ1) is 9.11. The lowest BCUT2D eigenvalue weighted by Gasteiger charge is -2.06. The molecule has 0 aliphatic carbocycles. The molecular formula is C13H20N4O2. The van der Waals surface area contributed by atoms with E-state index in [1.165, 1.54) is 6.92 Å². The summed E-state index contributed by atoms with van der Waals surface area (Å²) in [6.45, 7) is 2.06. The van der Waals surface area contributed by atoms with Crippen LogP contribution in [0.15, 0.2) is 18.2 Å². The summed E-state index contributed by atoms with van der Waals surface area (Å²) in [6.07, 6.45) is 3.15. The van der Waals surface area contributed by atoms with Crippen molar-refractivity contribution in [3.63, 3.8) is 0 Å². The number of unbranched alkanes of at least 4 members (excludes halogenated alkanes) is 2. The minimum absolute atomic E-state index is 0.0792. The number of nitrogens with zero attached hydrogens (tertiary/aromatic N) is 1. The maximum absolute atomic E-state index is 11.6. The van der Waals surface area contributed by atoms with Crippen LogP contribution in [0.4, 0.5) is 11.6 Å². The lowest BCUT2D eigenvalue weighted by molar-refractivity contribution is -0.116. The van der Waals surface area contributed by atoms with Crippen molar-refractivity contribution in [2.45, 2.75) is 32.6 Å². The van der Waals surface area contributed by atoms with E-state index in [1.54, 1.807) is 18.2 Å². The van der Waals surface area contributed by atoms with Crippen LogP contribution in [-0.2, 0) is 9.59 Å². The van der Waals surface area contributed by atoms with E-state index in [4.69, 9.17) is 5.73 Å². The molecule has 0 unspecified atom stereocenters. The molecule has 6 heteroatoms. The third-order valence-corrected chi connectivity index (χ3v) is 2.43. The zero-order chi connectivity index (χ0) is 14.1. The highest BCUT2D eigenvalue weighted by Crippen LogP contribution is 2.10.